The normalized spacial score (nSPS) is 12.2. The van der Waals surface area contributed by atoms with Gasteiger partial charge in [-0.25, -0.2) is 4.39 Å². The van der Waals surface area contributed by atoms with Crippen molar-refractivity contribution < 1.29 is 9.13 Å². The maximum atomic E-state index is 13.0. The molecule has 2 rings (SSSR count). The average molecular weight is 314 g/mol. The van der Waals surface area contributed by atoms with Crippen molar-refractivity contribution in [3.63, 3.8) is 0 Å². The zero-order chi connectivity index (χ0) is 14.7. The van der Waals surface area contributed by atoms with Crippen molar-refractivity contribution in [1.29, 1.82) is 0 Å². The van der Waals surface area contributed by atoms with Crippen molar-refractivity contribution in [1.82, 2.24) is 5.32 Å². The first-order valence-corrected chi connectivity index (χ1v) is 6.86. The topological polar surface area (TPSA) is 21.3 Å². The van der Waals surface area contributed by atoms with Crippen LogP contribution < -0.4 is 10.1 Å². The Morgan fingerprint density at radius 2 is 1.85 bits per heavy atom. The van der Waals surface area contributed by atoms with Gasteiger partial charge in [0.05, 0.1) is 5.02 Å². The van der Waals surface area contributed by atoms with Crippen LogP contribution in [0, 0.1) is 5.82 Å². The van der Waals surface area contributed by atoms with E-state index in [1.54, 1.807) is 12.1 Å². The number of benzene rings is 2. The van der Waals surface area contributed by atoms with Gasteiger partial charge in [-0.2, -0.15) is 0 Å². The van der Waals surface area contributed by atoms with Crippen LogP contribution in [0.1, 0.15) is 18.5 Å². The lowest BCUT2D eigenvalue weighted by atomic mass is 10.1. The number of rotatable bonds is 4. The van der Waals surface area contributed by atoms with Crippen LogP contribution in [0.5, 0.6) is 11.5 Å². The molecule has 1 unspecified atom stereocenters. The van der Waals surface area contributed by atoms with Gasteiger partial charge in [0.1, 0.15) is 17.3 Å². The van der Waals surface area contributed by atoms with Crippen LogP contribution in [0.3, 0.4) is 0 Å². The third kappa shape index (κ3) is 3.42. The van der Waals surface area contributed by atoms with Gasteiger partial charge in [0.2, 0.25) is 0 Å². The molecule has 0 saturated heterocycles. The summed E-state index contributed by atoms with van der Waals surface area (Å²) in [6, 6.07) is 9.52. The summed E-state index contributed by atoms with van der Waals surface area (Å²) in [6.45, 7) is 2.01. The Morgan fingerprint density at radius 1 is 1.10 bits per heavy atom. The minimum atomic E-state index is -0.404. The minimum absolute atomic E-state index is 0.144. The Kier molecular flexibility index (Phi) is 4.86. The Hall–Kier alpha value is -1.29. The van der Waals surface area contributed by atoms with E-state index in [2.05, 4.69) is 5.32 Å². The molecule has 0 spiro atoms. The first-order chi connectivity index (χ1) is 9.51. The molecule has 5 heteroatoms. The highest BCUT2D eigenvalue weighted by Gasteiger charge is 2.10. The van der Waals surface area contributed by atoms with Crippen molar-refractivity contribution in [2.45, 2.75) is 13.0 Å². The number of halogens is 3. The van der Waals surface area contributed by atoms with Gasteiger partial charge in [-0.3, -0.25) is 0 Å². The Morgan fingerprint density at radius 3 is 2.45 bits per heavy atom. The van der Waals surface area contributed by atoms with E-state index in [1.165, 1.54) is 18.2 Å². The van der Waals surface area contributed by atoms with Gasteiger partial charge in [0, 0.05) is 11.1 Å². The fourth-order valence-corrected chi connectivity index (χ4v) is 2.30. The van der Waals surface area contributed by atoms with E-state index in [0.717, 1.165) is 5.56 Å². The SMILES string of the molecule is CNC(C)c1ccc(Oc2ccc(F)cc2Cl)cc1Cl. The van der Waals surface area contributed by atoms with Crippen LogP contribution in [-0.2, 0) is 0 Å². The Labute approximate surface area is 127 Å². The lowest BCUT2D eigenvalue weighted by molar-refractivity contribution is 0.480. The van der Waals surface area contributed by atoms with Crippen LogP contribution in [0.4, 0.5) is 4.39 Å². The van der Waals surface area contributed by atoms with Gasteiger partial charge in [-0.1, -0.05) is 29.3 Å². The standard InChI is InChI=1S/C15H14Cl2FNO/c1-9(19-2)12-5-4-11(8-13(12)16)20-15-6-3-10(18)7-14(15)17/h3-9,19H,1-2H3. The highest BCUT2D eigenvalue weighted by molar-refractivity contribution is 6.32. The maximum absolute atomic E-state index is 13.0. The van der Waals surface area contributed by atoms with Gasteiger partial charge in [0.15, 0.2) is 0 Å². The second kappa shape index (κ2) is 6.44. The Bertz CT molecular complexity index is 619. The quantitative estimate of drug-likeness (QED) is 0.837. The molecule has 0 aliphatic rings. The summed E-state index contributed by atoms with van der Waals surface area (Å²) >= 11 is 12.1. The summed E-state index contributed by atoms with van der Waals surface area (Å²) in [6.07, 6.45) is 0. The molecule has 106 valence electrons. The highest BCUT2D eigenvalue weighted by Crippen LogP contribution is 2.33. The predicted molar refractivity (Wildman–Crippen MR) is 80.4 cm³/mol. The largest absolute Gasteiger partial charge is 0.456 e. The second-order valence-corrected chi connectivity index (χ2v) is 5.18. The number of hydrogen-bond acceptors (Lipinski definition) is 2. The van der Waals surface area contributed by atoms with Crippen molar-refractivity contribution in [2.75, 3.05) is 7.05 Å². The van der Waals surface area contributed by atoms with Gasteiger partial charge < -0.3 is 10.1 Å². The molecule has 1 N–H and O–H groups in total. The predicted octanol–water partition coefficient (Wildman–Crippen LogP) is 5.21. The molecule has 0 aliphatic carbocycles. The van der Waals surface area contributed by atoms with E-state index in [-0.39, 0.29) is 11.1 Å². The fraction of sp³-hybridized carbons (Fsp3) is 0.200. The monoisotopic (exact) mass is 313 g/mol. The van der Waals surface area contributed by atoms with Gasteiger partial charge >= 0.3 is 0 Å². The van der Waals surface area contributed by atoms with Crippen LogP contribution in [0.25, 0.3) is 0 Å². The minimum Gasteiger partial charge on any atom is -0.456 e. The third-order valence-corrected chi connectivity index (χ3v) is 3.62. The van der Waals surface area contributed by atoms with E-state index in [1.807, 2.05) is 20.0 Å². The Balaban J connectivity index is 2.24. The molecule has 0 aliphatic heterocycles. The third-order valence-electron chi connectivity index (χ3n) is 2.99. The molecule has 0 amide bonds. The van der Waals surface area contributed by atoms with Crippen molar-refractivity contribution in [3.05, 3.63) is 57.8 Å². The second-order valence-electron chi connectivity index (χ2n) is 4.37. The van der Waals surface area contributed by atoms with Crippen LogP contribution >= 0.6 is 23.2 Å². The molecule has 2 aromatic carbocycles. The van der Waals surface area contributed by atoms with Gasteiger partial charge in [-0.05, 0) is 49.9 Å². The molecule has 2 aromatic rings. The van der Waals surface area contributed by atoms with Gasteiger partial charge in [0.25, 0.3) is 0 Å². The first-order valence-electron chi connectivity index (χ1n) is 6.11. The lowest BCUT2D eigenvalue weighted by Gasteiger charge is -2.14. The molecular weight excluding hydrogens is 300 g/mol. The summed E-state index contributed by atoms with van der Waals surface area (Å²) < 4.78 is 18.6. The van der Waals surface area contributed by atoms with Crippen molar-refractivity contribution in [3.8, 4) is 11.5 Å². The fourth-order valence-electron chi connectivity index (χ4n) is 1.76. The molecule has 0 saturated carbocycles. The summed E-state index contributed by atoms with van der Waals surface area (Å²) in [5.74, 6) is 0.535. The molecular formula is C15H14Cl2FNO. The van der Waals surface area contributed by atoms with Crippen LogP contribution in [0.15, 0.2) is 36.4 Å². The molecule has 1 atom stereocenters. The van der Waals surface area contributed by atoms with E-state index >= 15 is 0 Å². The molecule has 2 nitrogen and oxygen atoms in total. The van der Waals surface area contributed by atoms with Crippen LogP contribution in [-0.4, -0.2) is 7.05 Å². The molecule has 0 fully saturated rings. The average Bonchev–Trinajstić information content (AvgIpc) is 2.41. The number of nitrogens with one attached hydrogen (secondary N) is 1. The van der Waals surface area contributed by atoms with Crippen LogP contribution in [0.2, 0.25) is 10.0 Å². The molecule has 0 heterocycles. The van der Waals surface area contributed by atoms with Gasteiger partial charge in [-0.15, -0.1) is 0 Å². The zero-order valence-corrected chi connectivity index (χ0v) is 12.6. The maximum Gasteiger partial charge on any atom is 0.146 e. The summed E-state index contributed by atoms with van der Waals surface area (Å²) in [5, 5.41) is 3.93. The van der Waals surface area contributed by atoms with E-state index in [4.69, 9.17) is 27.9 Å². The van der Waals surface area contributed by atoms with E-state index in [9.17, 15) is 4.39 Å². The molecule has 0 bridgehead atoms. The zero-order valence-electron chi connectivity index (χ0n) is 11.1. The summed E-state index contributed by atoms with van der Waals surface area (Å²) in [7, 11) is 1.86. The number of hydrogen-bond donors (Lipinski definition) is 1. The molecule has 0 radical (unpaired) electrons. The smallest absolute Gasteiger partial charge is 0.146 e. The summed E-state index contributed by atoms with van der Waals surface area (Å²) in [4.78, 5) is 0. The van der Waals surface area contributed by atoms with E-state index in [0.29, 0.717) is 16.5 Å². The van der Waals surface area contributed by atoms with Crippen molar-refractivity contribution in [2.24, 2.45) is 0 Å². The van der Waals surface area contributed by atoms with Crippen molar-refractivity contribution >= 4 is 23.2 Å². The van der Waals surface area contributed by atoms with E-state index < -0.39 is 5.82 Å². The molecule has 20 heavy (non-hydrogen) atoms. The summed E-state index contributed by atoms with van der Waals surface area (Å²) in [5.41, 5.74) is 0.978. The first kappa shape index (κ1) is 15.1. The highest BCUT2D eigenvalue weighted by atomic mass is 35.5. The number of ether oxygens (including phenoxy) is 1. The lowest BCUT2D eigenvalue weighted by Crippen LogP contribution is -2.12. The molecule has 0 aromatic heterocycles.